The van der Waals surface area contributed by atoms with Crippen LogP contribution in [0.15, 0.2) is 48.5 Å². The van der Waals surface area contributed by atoms with Gasteiger partial charge in [-0.05, 0) is 36.4 Å². The third kappa shape index (κ3) is 8.93. The highest BCUT2D eigenvalue weighted by atomic mass is 35.7. The molecule has 142 valence electrons. The Kier molecular flexibility index (Phi) is 9.25. The zero-order valence-corrected chi connectivity index (χ0v) is 16.2. The van der Waals surface area contributed by atoms with Crippen molar-refractivity contribution in [1.29, 1.82) is 0 Å². The molecule has 7 nitrogen and oxygen atoms in total. The third-order valence-electron chi connectivity index (χ3n) is 2.72. The molecule has 0 radical (unpaired) electrons. The Labute approximate surface area is 158 Å². The van der Waals surface area contributed by atoms with E-state index in [-0.39, 0.29) is 18.1 Å². The highest BCUT2D eigenvalue weighted by Crippen LogP contribution is 2.25. The molecule has 0 aliphatic carbocycles. The lowest BCUT2D eigenvalue weighted by molar-refractivity contribution is -1.91. The molecule has 2 rings (SSSR count). The first kappa shape index (κ1) is 22.1. The van der Waals surface area contributed by atoms with E-state index in [1.54, 1.807) is 12.1 Å². The number of thiol groups is 1. The van der Waals surface area contributed by atoms with Gasteiger partial charge >= 0.3 is 6.16 Å². The highest BCUT2D eigenvalue weighted by molar-refractivity contribution is 7.76. The van der Waals surface area contributed by atoms with Crippen LogP contribution in [0.2, 0.25) is 0 Å². The van der Waals surface area contributed by atoms with Crippen LogP contribution in [0.25, 0.3) is 0 Å². The molecule has 0 N–H and O–H groups in total. The number of hydrogen-bond donors (Lipinski definition) is 0. The molecule has 9 heteroatoms. The first-order valence-corrected chi connectivity index (χ1v) is 10.3. The number of halogens is 1. The van der Waals surface area contributed by atoms with Gasteiger partial charge in [-0.15, -0.1) is 0 Å². The molecular weight excluding hydrogens is 384 g/mol. The summed E-state index contributed by atoms with van der Waals surface area (Å²) in [7, 11) is -4.58. The summed E-state index contributed by atoms with van der Waals surface area (Å²) in [6.07, 6.45) is 3.29. The van der Waals surface area contributed by atoms with E-state index in [9.17, 15) is 18.8 Å². The van der Waals surface area contributed by atoms with Crippen molar-refractivity contribution in [3.05, 3.63) is 59.7 Å². The van der Waals surface area contributed by atoms with Crippen molar-refractivity contribution in [1.82, 2.24) is 0 Å². The van der Waals surface area contributed by atoms with Crippen molar-refractivity contribution in [3.8, 4) is 11.5 Å². The van der Waals surface area contributed by atoms with Crippen molar-refractivity contribution in [2.24, 2.45) is 0 Å². The van der Waals surface area contributed by atoms with Gasteiger partial charge in [0.05, 0.1) is 12.5 Å². The number of carbonyl (C=O) groups excluding carboxylic acids is 1. The molecule has 26 heavy (non-hydrogen) atoms. The van der Waals surface area contributed by atoms with Crippen LogP contribution in [0.5, 0.6) is 11.5 Å². The van der Waals surface area contributed by atoms with Gasteiger partial charge in [-0.1, -0.05) is 34.6 Å². The van der Waals surface area contributed by atoms with Gasteiger partial charge in [0.15, 0.2) is 0 Å². The summed E-state index contributed by atoms with van der Waals surface area (Å²) in [5, 5.41) is 0. The monoisotopic (exact) mass is 403 g/mol. The Hall–Kier alpha value is -1.97. The topological polar surface area (TPSA) is 114 Å². The zero-order valence-electron chi connectivity index (χ0n) is 14.5. The highest BCUT2D eigenvalue weighted by Gasteiger charge is 2.21. The molecule has 0 spiro atoms. The fourth-order valence-electron chi connectivity index (χ4n) is 1.72. The minimum absolute atomic E-state index is 0.0627. The summed E-state index contributed by atoms with van der Waals surface area (Å²) in [4.78, 5) is 11.6. The van der Waals surface area contributed by atoms with Crippen LogP contribution in [-0.2, 0) is 23.1 Å². The Balaban J connectivity index is 0.00000105. The standard InChI is InChI=1S/C15H13ClO7.C2H6S/c1-11-9-13(7-8-14(11)23-16(18,19)20)22-15(17)21-10-12-5-3-2-4-6-12;1-3-2/h2-9H,10H2,1H3;1-2H3/p+1. The van der Waals surface area contributed by atoms with Crippen LogP contribution >= 0.6 is 0 Å². The SMILES string of the molecule is C[SH+]C.Cc1cc(OC(=O)OCc2ccccc2)ccc1O[Cl+3]([O-])([O-])[O-]. The normalized spacial score (nSPS) is 10.4. The Morgan fingerprint density at radius 2 is 1.69 bits per heavy atom. The summed E-state index contributed by atoms with van der Waals surface area (Å²) < 4.78 is 45.7. The molecular formula is C17H20ClO7S+. The van der Waals surface area contributed by atoms with Gasteiger partial charge in [0, 0.05) is 11.6 Å². The molecule has 0 aliphatic heterocycles. The average molecular weight is 404 g/mol. The Bertz CT molecular complexity index is 689. The van der Waals surface area contributed by atoms with Gasteiger partial charge < -0.3 is 9.47 Å². The van der Waals surface area contributed by atoms with E-state index < -0.39 is 16.4 Å². The predicted octanol–water partition coefficient (Wildman–Crippen LogP) is 0.0476. The lowest BCUT2D eigenvalue weighted by Gasteiger charge is -2.13. The Morgan fingerprint density at radius 1 is 1.08 bits per heavy atom. The molecule has 2 aromatic rings. The quantitative estimate of drug-likeness (QED) is 0.300. The van der Waals surface area contributed by atoms with E-state index in [2.05, 4.69) is 16.8 Å². The van der Waals surface area contributed by atoms with E-state index in [0.29, 0.717) is 5.56 Å². The van der Waals surface area contributed by atoms with Gasteiger partial charge in [-0.3, -0.25) is 0 Å². The predicted molar refractivity (Wildman–Crippen MR) is 89.7 cm³/mol. The molecule has 0 heterocycles. The van der Waals surface area contributed by atoms with Gasteiger partial charge in [-0.2, -0.15) is 14.0 Å². The van der Waals surface area contributed by atoms with Crippen molar-refractivity contribution in [2.45, 2.75) is 13.5 Å². The van der Waals surface area contributed by atoms with E-state index in [0.717, 1.165) is 5.56 Å². The molecule has 0 atom stereocenters. The van der Waals surface area contributed by atoms with E-state index in [1.807, 2.05) is 18.2 Å². The Morgan fingerprint density at radius 3 is 2.23 bits per heavy atom. The summed E-state index contributed by atoms with van der Waals surface area (Å²) in [6, 6.07) is 12.9. The second-order valence-electron chi connectivity index (χ2n) is 4.96. The molecule has 0 bridgehead atoms. The smallest absolute Gasteiger partial charge is 0.429 e. The molecule has 0 aromatic heterocycles. The van der Waals surface area contributed by atoms with Crippen molar-refractivity contribution < 1.29 is 42.8 Å². The summed E-state index contributed by atoms with van der Waals surface area (Å²) in [5.41, 5.74) is 1.12. The number of ether oxygens (including phenoxy) is 2. The van der Waals surface area contributed by atoms with Crippen molar-refractivity contribution >= 4 is 17.9 Å². The number of aryl methyl sites for hydroxylation is 1. The largest absolute Gasteiger partial charge is 0.514 e. The van der Waals surface area contributed by atoms with Crippen LogP contribution in [0.4, 0.5) is 4.79 Å². The fraction of sp³-hybridized carbons (Fsp3) is 0.235. The van der Waals surface area contributed by atoms with E-state index in [1.165, 1.54) is 36.9 Å². The number of hydrogen-bond acceptors (Lipinski definition) is 7. The third-order valence-corrected chi connectivity index (χ3v) is 3.08. The zero-order chi connectivity index (χ0) is 19.6. The molecule has 0 saturated heterocycles. The first-order chi connectivity index (χ1) is 12.2. The maximum atomic E-state index is 11.6. The summed E-state index contributed by atoms with van der Waals surface area (Å²) in [5.74, 6) is -0.0143. The maximum absolute atomic E-state index is 11.6. The van der Waals surface area contributed by atoms with Crippen molar-refractivity contribution in [2.75, 3.05) is 12.5 Å². The van der Waals surface area contributed by atoms with E-state index >= 15 is 0 Å². The fourth-order valence-corrected chi connectivity index (χ4v) is 2.09. The van der Waals surface area contributed by atoms with Crippen LogP contribution in [-0.4, -0.2) is 18.7 Å². The van der Waals surface area contributed by atoms with Crippen LogP contribution in [0, 0.1) is 17.2 Å². The maximum Gasteiger partial charge on any atom is 0.514 e. The molecule has 0 saturated carbocycles. The number of rotatable bonds is 5. The second-order valence-corrected chi connectivity index (χ2v) is 6.76. The molecule has 0 fully saturated rings. The minimum Gasteiger partial charge on any atom is -0.429 e. The van der Waals surface area contributed by atoms with Gasteiger partial charge in [0.25, 0.3) is 5.75 Å². The van der Waals surface area contributed by atoms with E-state index in [4.69, 9.17) is 9.47 Å². The molecule has 2 aromatic carbocycles. The molecule has 0 aliphatic rings. The van der Waals surface area contributed by atoms with Crippen LogP contribution < -0.4 is 23.0 Å². The molecule has 0 amide bonds. The molecule has 0 unspecified atom stereocenters. The van der Waals surface area contributed by atoms with Crippen molar-refractivity contribution in [3.63, 3.8) is 0 Å². The number of benzene rings is 2. The lowest BCUT2D eigenvalue weighted by atomic mass is 10.2. The lowest BCUT2D eigenvalue weighted by Crippen LogP contribution is -2.63. The van der Waals surface area contributed by atoms with Crippen LogP contribution in [0.1, 0.15) is 11.1 Å². The number of carbonyl (C=O) groups is 1. The summed E-state index contributed by atoms with van der Waals surface area (Å²) in [6.45, 7) is 1.56. The average Bonchev–Trinajstić information content (AvgIpc) is 2.56. The second kappa shape index (κ2) is 10.9. The van der Waals surface area contributed by atoms with Gasteiger partial charge in [0.1, 0.15) is 22.6 Å². The minimum atomic E-state index is -4.58. The van der Waals surface area contributed by atoms with Gasteiger partial charge in [0.2, 0.25) is 0 Å². The van der Waals surface area contributed by atoms with Crippen LogP contribution in [0.3, 0.4) is 0 Å². The summed E-state index contributed by atoms with van der Waals surface area (Å²) >= 11 is 1.42. The van der Waals surface area contributed by atoms with Gasteiger partial charge in [-0.25, -0.2) is 4.79 Å². The first-order valence-electron chi connectivity index (χ1n) is 7.32.